The molecule has 1 aliphatic rings. The van der Waals surface area contributed by atoms with Gasteiger partial charge in [0.25, 0.3) is 0 Å². The second-order valence-corrected chi connectivity index (χ2v) is 3.52. The maximum absolute atomic E-state index is 11.6. The number of rotatable bonds is 4. The van der Waals surface area contributed by atoms with E-state index in [0.29, 0.717) is 6.54 Å². The van der Waals surface area contributed by atoms with Crippen molar-refractivity contribution < 1.29 is 4.79 Å². The lowest BCUT2D eigenvalue weighted by Gasteiger charge is -2.16. The zero-order valence-electron chi connectivity index (χ0n) is 9.03. The minimum absolute atomic E-state index is 0. The van der Waals surface area contributed by atoms with Crippen LogP contribution in [-0.4, -0.2) is 36.6 Å². The van der Waals surface area contributed by atoms with E-state index in [1.54, 1.807) is 4.90 Å². The highest BCUT2D eigenvalue weighted by molar-refractivity contribution is 5.85. The predicted octanol–water partition coefficient (Wildman–Crippen LogP) is 1.28. The summed E-state index contributed by atoms with van der Waals surface area (Å²) in [4.78, 5) is 16.7. The minimum Gasteiger partial charge on any atom is -0.308 e. The van der Waals surface area contributed by atoms with Crippen LogP contribution in [0.2, 0.25) is 0 Å². The first-order chi connectivity index (χ1) is 6.79. The van der Waals surface area contributed by atoms with Gasteiger partial charge < -0.3 is 5.32 Å². The highest BCUT2D eigenvalue weighted by Crippen LogP contribution is 2.17. The van der Waals surface area contributed by atoms with E-state index in [1.165, 1.54) is 0 Å². The van der Waals surface area contributed by atoms with Crippen molar-refractivity contribution in [3.63, 3.8) is 0 Å². The number of carbonyl (C=O) groups excluding carboxylic acids is 1. The van der Waals surface area contributed by atoms with Crippen LogP contribution in [-0.2, 0) is 4.79 Å². The summed E-state index contributed by atoms with van der Waals surface area (Å²) in [5.74, 6) is 0.0666. The summed E-state index contributed by atoms with van der Waals surface area (Å²) in [6.07, 6.45) is 2.63. The van der Waals surface area contributed by atoms with Crippen molar-refractivity contribution in [3.8, 4) is 0 Å². The Hall–Kier alpha value is -0.790. The summed E-state index contributed by atoms with van der Waals surface area (Å²) in [7, 11) is 0. The van der Waals surface area contributed by atoms with E-state index in [1.807, 2.05) is 0 Å². The van der Waals surface area contributed by atoms with Gasteiger partial charge in [0, 0.05) is 13.0 Å². The molecule has 0 unspecified atom stereocenters. The van der Waals surface area contributed by atoms with E-state index in [-0.39, 0.29) is 24.5 Å². The third kappa shape index (κ3) is 4.06. The monoisotopic (exact) mass is 231 g/mol. The lowest BCUT2D eigenvalue weighted by atomic mass is 10.3. The predicted molar refractivity (Wildman–Crippen MR) is 61.7 cm³/mol. The number of halogens is 1. The zero-order valence-corrected chi connectivity index (χ0v) is 9.85. The number of amides is 1. The first-order valence-corrected chi connectivity index (χ1v) is 5.16. The van der Waals surface area contributed by atoms with Gasteiger partial charge in [-0.1, -0.05) is 6.92 Å². The molecular formula is C10H18ClN3O. The maximum atomic E-state index is 11.6. The number of nitrogens with one attached hydrogen (secondary N) is 1. The Kier molecular flexibility index (Phi) is 7.10. The molecule has 0 bridgehead atoms. The molecule has 0 radical (unpaired) electrons. The van der Waals surface area contributed by atoms with Crippen LogP contribution in [0.3, 0.4) is 0 Å². The molecule has 0 aliphatic carbocycles. The smallest absolute Gasteiger partial charge is 0.300 e. The van der Waals surface area contributed by atoms with Crippen LogP contribution < -0.4 is 5.32 Å². The van der Waals surface area contributed by atoms with Gasteiger partial charge in [-0.3, -0.25) is 14.5 Å². The van der Waals surface area contributed by atoms with Gasteiger partial charge in [-0.15, -0.1) is 12.4 Å². The molecule has 0 aromatic carbocycles. The van der Waals surface area contributed by atoms with Gasteiger partial charge in [-0.2, -0.15) is 0 Å². The summed E-state index contributed by atoms with van der Waals surface area (Å²) < 4.78 is 0. The van der Waals surface area contributed by atoms with Crippen LogP contribution in [0.5, 0.6) is 0 Å². The lowest BCUT2D eigenvalue weighted by molar-refractivity contribution is -0.130. The molecule has 0 aromatic heterocycles. The molecule has 1 aliphatic heterocycles. The van der Waals surface area contributed by atoms with Crippen LogP contribution >= 0.6 is 12.4 Å². The van der Waals surface area contributed by atoms with Gasteiger partial charge in [0.1, 0.15) is 0 Å². The van der Waals surface area contributed by atoms with Crippen molar-refractivity contribution in [1.82, 2.24) is 10.2 Å². The Morgan fingerprint density at radius 1 is 1.67 bits per heavy atom. The van der Waals surface area contributed by atoms with E-state index in [0.717, 1.165) is 32.4 Å². The van der Waals surface area contributed by atoms with Crippen molar-refractivity contribution >= 4 is 18.3 Å². The average molecular weight is 232 g/mol. The zero-order chi connectivity index (χ0) is 10.4. The molecule has 4 nitrogen and oxygen atoms in total. The fourth-order valence-electron chi connectivity index (χ4n) is 1.65. The second-order valence-electron chi connectivity index (χ2n) is 3.52. The molecule has 1 saturated heterocycles. The van der Waals surface area contributed by atoms with Crippen molar-refractivity contribution in [2.45, 2.75) is 32.4 Å². The first kappa shape index (κ1) is 14.2. The summed E-state index contributed by atoms with van der Waals surface area (Å²) in [6.45, 7) is 11.0. The molecule has 86 valence electrons. The highest BCUT2D eigenvalue weighted by atomic mass is 35.5. The van der Waals surface area contributed by atoms with Crippen LogP contribution in [0.25, 0.3) is 4.85 Å². The second kappa shape index (κ2) is 7.49. The molecule has 0 aromatic rings. The van der Waals surface area contributed by atoms with Crippen LogP contribution in [0.1, 0.15) is 26.2 Å². The fourth-order valence-corrected chi connectivity index (χ4v) is 1.65. The summed E-state index contributed by atoms with van der Waals surface area (Å²) in [5.41, 5.74) is 0. The highest BCUT2D eigenvalue weighted by Gasteiger charge is 2.32. The summed E-state index contributed by atoms with van der Waals surface area (Å²) in [5, 5.41) is 3.06. The Bertz CT molecular complexity index is 239. The minimum atomic E-state index is -0.203. The van der Waals surface area contributed by atoms with Gasteiger partial charge in [-0.05, 0) is 19.4 Å². The third-order valence-corrected chi connectivity index (χ3v) is 2.39. The topological polar surface area (TPSA) is 36.7 Å². The molecule has 15 heavy (non-hydrogen) atoms. The molecule has 0 spiro atoms. The standard InChI is InChI=1S/C10H17N3O.ClH/c1-3-6-12-8-10(14)13-7-4-5-9(13)11-2;/h9,12H,3-8H2,1H3;1H/t9-;/m0./s1. The third-order valence-electron chi connectivity index (χ3n) is 2.39. The molecule has 1 N–H and O–H groups in total. The van der Waals surface area contributed by atoms with Gasteiger partial charge in [0.05, 0.1) is 6.54 Å². The largest absolute Gasteiger partial charge is 0.308 e. The summed E-state index contributed by atoms with van der Waals surface area (Å²) >= 11 is 0. The molecule has 1 amide bonds. The van der Waals surface area contributed by atoms with Gasteiger partial charge in [0.15, 0.2) is 0 Å². The van der Waals surface area contributed by atoms with E-state index in [9.17, 15) is 4.79 Å². The van der Waals surface area contributed by atoms with Crippen LogP contribution in [0.15, 0.2) is 0 Å². The number of hydrogen-bond donors (Lipinski definition) is 1. The van der Waals surface area contributed by atoms with Gasteiger partial charge >= 0.3 is 6.17 Å². The molecule has 1 rings (SSSR count). The molecule has 1 atom stereocenters. The van der Waals surface area contributed by atoms with Crippen molar-refractivity contribution in [3.05, 3.63) is 11.4 Å². The van der Waals surface area contributed by atoms with E-state index in [2.05, 4.69) is 17.1 Å². The Morgan fingerprint density at radius 2 is 2.40 bits per heavy atom. The quantitative estimate of drug-likeness (QED) is 0.585. The van der Waals surface area contributed by atoms with Crippen LogP contribution in [0, 0.1) is 6.57 Å². The van der Waals surface area contributed by atoms with Gasteiger partial charge in [0.2, 0.25) is 5.91 Å². The van der Waals surface area contributed by atoms with Crippen molar-refractivity contribution in [2.75, 3.05) is 19.6 Å². The fraction of sp³-hybridized carbons (Fsp3) is 0.800. The number of likely N-dealkylation sites (tertiary alicyclic amines) is 1. The van der Waals surface area contributed by atoms with E-state index in [4.69, 9.17) is 6.57 Å². The maximum Gasteiger partial charge on any atom is 0.300 e. The Morgan fingerprint density at radius 3 is 3.00 bits per heavy atom. The number of nitrogens with zero attached hydrogens (tertiary/aromatic N) is 2. The lowest BCUT2D eigenvalue weighted by Crippen LogP contribution is -2.40. The average Bonchev–Trinajstić information content (AvgIpc) is 2.65. The van der Waals surface area contributed by atoms with Crippen molar-refractivity contribution in [1.29, 1.82) is 0 Å². The Balaban J connectivity index is 0.00000196. The SMILES string of the molecule is Cl.[C-]#[N+][C@@H]1CCCN1C(=O)CNCCC. The molecular weight excluding hydrogens is 214 g/mol. The first-order valence-electron chi connectivity index (χ1n) is 5.16. The molecule has 0 saturated carbocycles. The number of carbonyl (C=O) groups is 1. The normalized spacial score (nSPS) is 19.5. The van der Waals surface area contributed by atoms with Crippen molar-refractivity contribution in [2.24, 2.45) is 0 Å². The molecule has 1 heterocycles. The van der Waals surface area contributed by atoms with Gasteiger partial charge in [-0.25, -0.2) is 6.57 Å². The van der Waals surface area contributed by atoms with E-state index < -0.39 is 0 Å². The van der Waals surface area contributed by atoms with Crippen LogP contribution in [0.4, 0.5) is 0 Å². The summed E-state index contributed by atoms with van der Waals surface area (Å²) in [6, 6.07) is 0. The Labute approximate surface area is 97.2 Å². The molecule has 1 fully saturated rings. The molecule has 5 heteroatoms. The number of hydrogen-bond acceptors (Lipinski definition) is 2. The van der Waals surface area contributed by atoms with E-state index >= 15 is 0 Å².